The van der Waals surface area contributed by atoms with E-state index in [1.165, 1.54) is 0 Å². The van der Waals surface area contributed by atoms with E-state index in [0.29, 0.717) is 18.1 Å². The van der Waals surface area contributed by atoms with Gasteiger partial charge in [-0.05, 0) is 31.2 Å². The third kappa shape index (κ3) is 5.61. The minimum atomic E-state index is -0.373. The molecule has 1 aromatic carbocycles. The van der Waals surface area contributed by atoms with E-state index in [4.69, 9.17) is 15.2 Å². The maximum absolute atomic E-state index is 10.7. The molecule has 106 valence electrons. The number of benzene rings is 1. The molecule has 5 nitrogen and oxygen atoms in total. The van der Waals surface area contributed by atoms with Crippen molar-refractivity contribution in [2.24, 2.45) is 5.73 Å². The zero-order valence-electron chi connectivity index (χ0n) is 11.6. The molecule has 0 heterocycles. The lowest BCUT2D eigenvalue weighted by Gasteiger charge is -2.13. The molecular formula is C14H22N2O3. The topological polar surface area (TPSA) is 73.6 Å². The van der Waals surface area contributed by atoms with Crippen molar-refractivity contribution in [1.82, 2.24) is 5.32 Å². The summed E-state index contributed by atoms with van der Waals surface area (Å²) in [5.74, 6) is 0.965. The first-order valence-corrected chi connectivity index (χ1v) is 6.54. The van der Waals surface area contributed by atoms with Crippen molar-refractivity contribution in [3.05, 3.63) is 23.8 Å². The summed E-state index contributed by atoms with van der Waals surface area (Å²) in [5, 5.41) is 3.25. The molecule has 3 N–H and O–H groups in total. The molecule has 0 fully saturated rings. The molecular weight excluding hydrogens is 244 g/mol. The molecule has 0 aliphatic carbocycles. The molecule has 0 unspecified atom stereocenters. The van der Waals surface area contributed by atoms with Gasteiger partial charge in [0.05, 0.1) is 19.6 Å². The Labute approximate surface area is 114 Å². The normalized spacial score (nSPS) is 10.2. The number of ether oxygens (including phenoxy) is 2. The van der Waals surface area contributed by atoms with E-state index in [1.54, 1.807) is 0 Å². The van der Waals surface area contributed by atoms with E-state index in [0.717, 1.165) is 18.7 Å². The van der Waals surface area contributed by atoms with Crippen LogP contribution < -0.4 is 20.5 Å². The molecule has 0 spiro atoms. The maximum Gasteiger partial charge on any atom is 0.220 e. The van der Waals surface area contributed by atoms with Gasteiger partial charge in [-0.3, -0.25) is 4.79 Å². The molecule has 0 bridgehead atoms. The van der Waals surface area contributed by atoms with E-state index >= 15 is 0 Å². The van der Waals surface area contributed by atoms with Gasteiger partial charge >= 0.3 is 0 Å². The highest BCUT2D eigenvalue weighted by atomic mass is 16.5. The fourth-order valence-corrected chi connectivity index (χ4v) is 1.58. The molecule has 1 aromatic rings. The molecule has 0 saturated carbocycles. The SMILES string of the molecule is CCNCc1ccc(OCCC(N)=O)c(OCC)c1. The Kier molecular flexibility index (Phi) is 6.74. The highest BCUT2D eigenvalue weighted by Crippen LogP contribution is 2.28. The summed E-state index contributed by atoms with van der Waals surface area (Å²) in [6.07, 6.45) is 0.199. The fraction of sp³-hybridized carbons (Fsp3) is 0.500. The van der Waals surface area contributed by atoms with Crippen LogP contribution in [-0.4, -0.2) is 25.7 Å². The molecule has 0 radical (unpaired) electrons. The van der Waals surface area contributed by atoms with Crippen LogP contribution in [0, 0.1) is 0 Å². The predicted molar refractivity (Wildman–Crippen MR) is 74.3 cm³/mol. The Balaban J connectivity index is 2.70. The number of nitrogens with two attached hydrogens (primary N) is 1. The molecule has 0 atom stereocenters. The second-order valence-corrected chi connectivity index (χ2v) is 4.06. The standard InChI is InChI=1S/C14H22N2O3/c1-3-16-10-11-5-6-12(13(9-11)18-4-2)19-8-7-14(15)17/h5-6,9,16H,3-4,7-8,10H2,1-2H3,(H2,15,17). The van der Waals surface area contributed by atoms with Crippen LogP contribution in [0.4, 0.5) is 0 Å². The first-order chi connectivity index (χ1) is 9.17. The highest BCUT2D eigenvalue weighted by Gasteiger charge is 2.07. The fourth-order valence-electron chi connectivity index (χ4n) is 1.58. The summed E-state index contributed by atoms with van der Waals surface area (Å²) in [7, 11) is 0. The van der Waals surface area contributed by atoms with Gasteiger partial charge in [-0.25, -0.2) is 0 Å². The van der Waals surface area contributed by atoms with Gasteiger partial charge in [0.25, 0.3) is 0 Å². The van der Waals surface area contributed by atoms with Gasteiger partial charge in [0.1, 0.15) is 0 Å². The van der Waals surface area contributed by atoms with Gasteiger partial charge in [0, 0.05) is 6.54 Å². The first-order valence-electron chi connectivity index (χ1n) is 6.54. The Morgan fingerprint density at radius 2 is 2.05 bits per heavy atom. The average Bonchev–Trinajstić information content (AvgIpc) is 2.38. The average molecular weight is 266 g/mol. The number of hydrogen-bond acceptors (Lipinski definition) is 4. The van der Waals surface area contributed by atoms with Crippen molar-refractivity contribution in [2.45, 2.75) is 26.8 Å². The minimum Gasteiger partial charge on any atom is -0.490 e. The largest absolute Gasteiger partial charge is 0.490 e. The molecule has 1 rings (SSSR count). The molecule has 0 aliphatic rings. The summed E-state index contributed by atoms with van der Waals surface area (Å²) in [6.45, 7) is 6.52. The zero-order chi connectivity index (χ0) is 14.1. The smallest absolute Gasteiger partial charge is 0.220 e. The predicted octanol–water partition coefficient (Wildman–Crippen LogP) is 1.45. The van der Waals surface area contributed by atoms with Crippen molar-refractivity contribution in [3.63, 3.8) is 0 Å². The first kappa shape index (κ1) is 15.3. The number of carbonyl (C=O) groups is 1. The van der Waals surface area contributed by atoms with Crippen LogP contribution in [-0.2, 0) is 11.3 Å². The van der Waals surface area contributed by atoms with Crippen LogP contribution in [0.25, 0.3) is 0 Å². The third-order valence-electron chi connectivity index (χ3n) is 2.49. The van der Waals surface area contributed by atoms with Crippen molar-refractivity contribution in [3.8, 4) is 11.5 Å². The van der Waals surface area contributed by atoms with E-state index in [1.807, 2.05) is 25.1 Å². The summed E-state index contributed by atoms with van der Waals surface area (Å²) in [4.78, 5) is 10.7. The molecule has 0 saturated heterocycles. The van der Waals surface area contributed by atoms with E-state index < -0.39 is 0 Å². The Morgan fingerprint density at radius 1 is 1.26 bits per heavy atom. The lowest BCUT2D eigenvalue weighted by molar-refractivity contribution is -0.118. The number of primary amides is 1. The Morgan fingerprint density at radius 3 is 2.68 bits per heavy atom. The lowest BCUT2D eigenvalue weighted by atomic mass is 10.2. The van der Waals surface area contributed by atoms with Crippen molar-refractivity contribution in [1.29, 1.82) is 0 Å². The van der Waals surface area contributed by atoms with Crippen LogP contribution in [0.15, 0.2) is 18.2 Å². The van der Waals surface area contributed by atoms with Gasteiger partial charge in [0.2, 0.25) is 5.91 Å². The van der Waals surface area contributed by atoms with Crippen LogP contribution in [0.2, 0.25) is 0 Å². The summed E-state index contributed by atoms with van der Waals surface area (Å²) >= 11 is 0. The highest BCUT2D eigenvalue weighted by molar-refractivity contribution is 5.73. The number of carbonyl (C=O) groups excluding carboxylic acids is 1. The summed E-state index contributed by atoms with van der Waals surface area (Å²) in [6, 6.07) is 5.79. The van der Waals surface area contributed by atoms with Crippen molar-refractivity contribution < 1.29 is 14.3 Å². The van der Waals surface area contributed by atoms with Gasteiger partial charge in [-0.2, -0.15) is 0 Å². The Hall–Kier alpha value is -1.75. The second kappa shape index (κ2) is 8.37. The van der Waals surface area contributed by atoms with Crippen LogP contribution in [0.5, 0.6) is 11.5 Å². The van der Waals surface area contributed by atoms with Gasteiger partial charge in [0.15, 0.2) is 11.5 Å². The number of rotatable bonds is 9. The van der Waals surface area contributed by atoms with Crippen LogP contribution in [0.1, 0.15) is 25.8 Å². The molecule has 19 heavy (non-hydrogen) atoms. The monoisotopic (exact) mass is 266 g/mol. The van der Waals surface area contributed by atoms with Crippen LogP contribution >= 0.6 is 0 Å². The summed E-state index contributed by atoms with van der Waals surface area (Å²) in [5.41, 5.74) is 6.21. The molecule has 0 aliphatic heterocycles. The minimum absolute atomic E-state index is 0.199. The molecule has 5 heteroatoms. The van der Waals surface area contributed by atoms with Crippen molar-refractivity contribution >= 4 is 5.91 Å². The summed E-state index contributed by atoms with van der Waals surface area (Å²) < 4.78 is 11.1. The molecule has 1 amide bonds. The second-order valence-electron chi connectivity index (χ2n) is 4.06. The molecule has 0 aromatic heterocycles. The number of hydrogen-bond donors (Lipinski definition) is 2. The van der Waals surface area contributed by atoms with E-state index in [2.05, 4.69) is 12.2 Å². The van der Waals surface area contributed by atoms with E-state index in [9.17, 15) is 4.79 Å². The van der Waals surface area contributed by atoms with Gasteiger partial charge in [-0.15, -0.1) is 0 Å². The quantitative estimate of drug-likeness (QED) is 0.709. The zero-order valence-corrected chi connectivity index (χ0v) is 11.6. The van der Waals surface area contributed by atoms with Gasteiger partial charge < -0.3 is 20.5 Å². The van der Waals surface area contributed by atoms with E-state index in [-0.39, 0.29) is 18.9 Å². The third-order valence-corrected chi connectivity index (χ3v) is 2.49. The van der Waals surface area contributed by atoms with Crippen LogP contribution in [0.3, 0.4) is 0 Å². The Bertz CT molecular complexity index is 408. The number of amides is 1. The number of nitrogens with one attached hydrogen (secondary N) is 1. The lowest BCUT2D eigenvalue weighted by Crippen LogP contribution is -2.15. The van der Waals surface area contributed by atoms with Gasteiger partial charge in [-0.1, -0.05) is 13.0 Å². The maximum atomic E-state index is 10.7. The van der Waals surface area contributed by atoms with Crippen molar-refractivity contribution in [2.75, 3.05) is 19.8 Å².